The molecule has 0 unspecified atom stereocenters. The first kappa shape index (κ1) is 21.6. The Hall–Kier alpha value is -3.15. The van der Waals surface area contributed by atoms with Crippen molar-refractivity contribution >= 4 is 23.5 Å². The van der Waals surface area contributed by atoms with Crippen molar-refractivity contribution in [3.8, 4) is 0 Å². The molecular weight excluding hydrogens is 380 g/mol. The van der Waals surface area contributed by atoms with E-state index in [4.69, 9.17) is 4.74 Å². The van der Waals surface area contributed by atoms with Crippen LogP contribution in [0.3, 0.4) is 0 Å². The zero-order chi connectivity index (χ0) is 21.5. The summed E-state index contributed by atoms with van der Waals surface area (Å²) in [6.45, 7) is 3.61. The summed E-state index contributed by atoms with van der Waals surface area (Å²) in [6, 6.07) is 16.5. The Balaban J connectivity index is 1.61. The molecule has 1 fully saturated rings. The van der Waals surface area contributed by atoms with Gasteiger partial charge in [-0.15, -0.1) is 0 Å². The molecule has 0 bridgehead atoms. The maximum Gasteiger partial charge on any atom is 0.314 e. The van der Waals surface area contributed by atoms with Crippen molar-refractivity contribution in [3.05, 3.63) is 65.7 Å². The lowest BCUT2D eigenvalue weighted by Crippen LogP contribution is -2.29. The summed E-state index contributed by atoms with van der Waals surface area (Å²) in [4.78, 5) is 37.5. The number of ether oxygens (including phenoxy) is 1. The van der Waals surface area contributed by atoms with Crippen molar-refractivity contribution in [2.45, 2.75) is 45.1 Å². The van der Waals surface area contributed by atoms with E-state index >= 15 is 0 Å². The Labute approximate surface area is 177 Å². The fraction of sp³-hybridized carbons (Fsp3) is 0.375. The van der Waals surface area contributed by atoms with Crippen LogP contribution in [-0.2, 0) is 14.3 Å². The fourth-order valence-electron chi connectivity index (χ4n) is 3.29. The summed E-state index contributed by atoms with van der Waals surface area (Å²) in [6.07, 6.45) is 2.77. The van der Waals surface area contributed by atoms with Gasteiger partial charge in [-0.05, 0) is 36.5 Å². The molecule has 0 aromatic heterocycles. The third-order valence-corrected chi connectivity index (χ3v) is 5.33. The molecule has 1 saturated carbocycles. The first-order valence-electron chi connectivity index (χ1n) is 10.4. The summed E-state index contributed by atoms with van der Waals surface area (Å²) < 4.78 is 5.34. The third-order valence-electron chi connectivity index (χ3n) is 5.33. The van der Waals surface area contributed by atoms with Crippen molar-refractivity contribution in [2.24, 2.45) is 5.92 Å². The Morgan fingerprint density at radius 2 is 1.70 bits per heavy atom. The van der Waals surface area contributed by atoms with Crippen molar-refractivity contribution < 1.29 is 19.1 Å². The van der Waals surface area contributed by atoms with Crippen LogP contribution in [0.4, 0.5) is 5.69 Å². The molecule has 6 heteroatoms. The number of para-hydroxylation sites is 1. The summed E-state index contributed by atoms with van der Waals surface area (Å²) in [7, 11) is 0. The van der Waals surface area contributed by atoms with Crippen molar-refractivity contribution in [1.82, 2.24) is 5.32 Å². The monoisotopic (exact) mass is 408 g/mol. The van der Waals surface area contributed by atoms with Crippen LogP contribution in [0.25, 0.3) is 0 Å². The number of nitrogens with one attached hydrogen (secondary N) is 2. The largest absolute Gasteiger partial charge is 0.455 e. The molecule has 1 aliphatic carbocycles. The van der Waals surface area contributed by atoms with Crippen LogP contribution >= 0.6 is 0 Å². The van der Waals surface area contributed by atoms with Crippen LogP contribution < -0.4 is 10.6 Å². The van der Waals surface area contributed by atoms with Crippen LogP contribution in [0.5, 0.6) is 0 Å². The Morgan fingerprint density at radius 3 is 2.37 bits per heavy atom. The number of esters is 1. The molecular formula is C24H28N2O4. The van der Waals surface area contributed by atoms with Gasteiger partial charge in [-0.3, -0.25) is 14.4 Å². The molecule has 0 saturated heterocycles. The third kappa shape index (κ3) is 5.69. The highest BCUT2D eigenvalue weighted by Gasteiger charge is 2.28. The van der Waals surface area contributed by atoms with E-state index in [0.717, 1.165) is 24.8 Å². The van der Waals surface area contributed by atoms with Gasteiger partial charge in [0, 0.05) is 6.04 Å². The van der Waals surface area contributed by atoms with Crippen LogP contribution in [-0.4, -0.2) is 30.4 Å². The smallest absolute Gasteiger partial charge is 0.314 e. The molecule has 0 spiro atoms. The number of hydrogen-bond acceptors (Lipinski definition) is 4. The number of rotatable bonds is 9. The average Bonchev–Trinajstić information content (AvgIpc) is 3.57. The van der Waals surface area contributed by atoms with E-state index < -0.39 is 24.4 Å². The van der Waals surface area contributed by atoms with Crippen LogP contribution in [0, 0.1) is 5.92 Å². The molecule has 0 radical (unpaired) electrons. The molecule has 3 rings (SSSR count). The standard InChI is InChI=1S/C24H28N2O4/c1-3-16(2)22(17-9-5-4-6-10-17)24(29)30-15-21(27)26-20-12-8-7-11-19(20)23(28)25-18-13-14-18/h4-12,16,18,22H,3,13-15H2,1-2H3,(H,25,28)(H,26,27)/t16-,22+/m0/s1. The lowest BCUT2D eigenvalue weighted by Gasteiger charge is -2.21. The molecule has 2 N–H and O–H groups in total. The van der Waals surface area contributed by atoms with Gasteiger partial charge in [0.2, 0.25) is 0 Å². The van der Waals surface area contributed by atoms with E-state index in [1.165, 1.54) is 0 Å². The molecule has 30 heavy (non-hydrogen) atoms. The van der Waals surface area contributed by atoms with E-state index in [9.17, 15) is 14.4 Å². The highest BCUT2D eigenvalue weighted by atomic mass is 16.5. The Bertz CT molecular complexity index is 893. The van der Waals surface area contributed by atoms with Gasteiger partial charge >= 0.3 is 5.97 Å². The van der Waals surface area contributed by atoms with E-state index in [-0.39, 0.29) is 17.9 Å². The molecule has 2 amide bonds. The van der Waals surface area contributed by atoms with Crippen molar-refractivity contribution in [2.75, 3.05) is 11.9 Å². The molecule has 2 atom stereocenters. The molecule has 158 valence electrons. The minimum atomic E-state index is -0.481. The predicted molar refractivity (Wildman–Crippen MR) is 115 cm³/mol. The maximum atomic E-state index is 12.7. The molecule has 6 nitrogen and oxygen atoms in total. The van der Waals surface area contributed by atoms with Crippen LogP contribution in [0.15, 0.2) is 54.6 Å². The van der Waals surface area contributed by atoms with Gasteiger partial charge in [-0.1, -0.05) is 62.7 Å². The first-order chi connectivity index (χ1) is 14.5. The summed E-state index contributed by atoms with van der Waals surface area (Å²) in [5.41, 5.74) is 1.67. The number of carbonyl (C=O) groups is 3. The van der Waals surface area contributed by atoms with E-state index in [0.29, 0.717) is 11.3 Å². The second kappa shape index (κ2) is 10.1. The van der Waals surface area contributed by atoms with Crippen molar-refractivity contribution in [3.63, 3.8) is 0 Å². The highest BCUT2D eigenvalue weighted by Crippen LogP contribution is 2.28. The number of carbonyl (C=O) groups excluding carboxylic acids is 3. The lowest BCUT2D eigenvalue weighted by atomic mass is 9.86. The number of benzene rings is 2. The summed E-state index contributed by atoms with van der Waals surface area (Å²) in [5, 5.41) is 5.60. The average molecular weight is 408 g/mol. The Morgan fingerprint density at radius 1 is 1.03 bits per heavy atom. The van der Waals surface area contributed by atoms with Gasteiger partial charge in [-0.2, -0.15) is 0 Å². The molecule has 0 heterocycles. The zero-order valence-corrected chi connectivity index (χ0v) is 17.4. The maximum absolute atomic E-state index is 12.7. The second-order valence-electron chi connectivity index (χ2n) is 7.72. The minimum Gasteiger partial charge on any atom is -0.455 e. The molecule has 2 aromatic carbocycles. The van der Waals surface area contributed by atoms with E-state index in [2.05, 4.69) is 10.6 Å². The topological polar surface area (TPSA) is 84.5 Å². The van der Waals surface area contributed by atoms with Gasteiger partial charge in [0.05, 0.1) is 17.2 Å². The van der Waals surface area contributed by atoms with Gasteiger partial charge < -0.3 is 15.4 Å². The van der Waals surface area contributed by atoms with Gasteiger partial charge in [0.1, 0.15) is 0 Å². The SMILES string of the molecule is CC[C@H](C)[C@@H](C(=O)OCC(=O)Nc1ccccc1C(=O)NC1CC1)c1ccccc1. The van der Waals surface area contributed by atoms with Crippen LogP contribution in [0.2, 0.25) is 0 Å². The lowest BCUT2D eigenvalue weighted by molar-refractivity contribution is -0.150. The predicted octanol–water partition coefficient (Wildman–Crippen LogP) is 3.89. The number of hydrogen-bond donors (Lipinski definition) is 2. The zero-order valence-electron chi connectivity index (χ0n) is 17.4. The van der Waals surface area contributed by atoms with E-state index in [1.807, 2.05) is 44.2 Å². The normalized spacial score (nSPS) is 15.0. The quantitative estimate of drug-likeness (QED) is 0.617. The highest BCUT2D eigenvalue weighted by molar-refractivity contribution is 6.04. The Kier molecular flexibility index (Phi) is 7.22. The summed E-state index contributed by atoms with van der Waals surface area (Å²) in [5.74, 6) is -1.47. The van der Waals surface area contributed by atoms with Crippen LogP contribution in [0.1, 0.15) is 54.9 Å². The summed E-state index contributed by atoms with van der Waals surface area (Å²) >= 11 is 0. The van der Waals surface area contributed by atoms with Gasteiger partial charge in [-0.25, -0.2) is 0 Å². The first-order valence-corrected chi connectivity index (χ1v) is 10.4. The second-order valence-corrected chi connectivity index (χ2v) is 7.72. The number of anilines is 1. The van der Waals surface area contributed by atoms with Crippen molar-refractivity contribution in [1.29, 1.82) is 0 Å². The van der Waals surface area contributed by atoms with E-state index in [1.54, 1.807) is 24.3 Å². The van der Waals surface area contributed by atoms with Gasteiger partial charge in [0.15, 0.2) is 6.61 Å². The number of amides is 2. The molecule has 2 aromatic rings. The fourth-order valence-corrected chi connectivity index (χ4v) is 3.29. The minimum absolute atomic E-state index is 0.0785. The van der Waals surface area contributed by atoms with Gasteiger partial charge in [0.25, 0.3) is 11.8 Å². The molecule has 0 aliphatic heterocycles. The molecule has 1 aliphatic rings.